The fourth-order valence-corrected chi connectivity index (χ4v) is 4.32. The Labute approximate surface area is 220 Å². The molecule has 0 saturated carbocycles. The quantitative estimate of drug-likeness (QED) is 0.163. The number of nitrogens with one attached hydrogen (secondary N) is 3. The van der Waals surface area contributed by atoms with E-state index < -0.39 is 0 Å². The van der Waals surface area contributed by atoms with Gasteiger partial charge in [0.25, 0.3) is 5.91 Å². The number of anilines is 2. The molecule has 2 aromatic carbocycles. The second kappa shape index (κ2) is 10.6. The molecule has 192 valence electrons. The fraction of sp³-hybridized carbons (Fsp3) is 0.172. The van der Waals surface area contributed by atoms with Gasteiger partial charge in [0.2, 0.25) is 0 Å². The number of amides is 1. The minimum atomic E-state index is -0.0133. The predicted octanol–water partition coefficient (Wildman–Crippen LogP) is 6.16. The van der Waals surface area contributed by atoms with Gasteiger partial charge in [0.1, 0.15) is 11.2 Å². The lowest BCUT2D eigenvalue weighted by molar-refractivity contribution is 0.0768. The van der Waals surface area contributed by atoms with Crippen molar-refractivity contribution in [1.29, 1.82) is 0 Å². The van der Waals surface area contributed by atoms with Gasteiger partial charge in [-0.2, -0.15) is 5.10 Å². The number of carbonyl (C=O) groups excluding carboxylic acids is 1. The third-order valence-corrected chi connectivity index (χ3v) is 6.44. The maximum absolute atomic E-state index is 12.8. The van der Waals surface area contributed by atoms with E-state index in [0.717, 1.165) is 33.3 Å². The van der Waals surface area contributed by atoms with Gasteiger partial charge < -0.3 is 19.6 Å². The molecule has 3 aromatic heterocycles. The third-order valence-electron chi connectivity index (χ3n) is 6.44. The first kappa shape index (κ1) is 24.8. The highest BCUT2D eigenvalue weighted by Crippen LogP contribution is 2.30. The van der Waals surface area contributed by atoms with Gasteiger partial charge >= 0.3 is 0 Å². The molecule has 0 fully saturated rings. The first-order chi connectivity index (χ1) is 18.5. The molecule has 9 heteroatoms. The topological polar surface area (TPSA) is 111 Å². The summed E-state index contributed by atoms with van der Waals surface area (Å²) < 4.78 is 5.69. The van der Waals surface area contributed by atoms with Crippen molar-refractivity contribution >= 4 is 51.7 Å². The van der Waals surface area contributed by atoms with E-state index in [2.05, 4.69) is 27.5 Å². The number of aromatic nitrogens is 3. The van der Waals surface area contributed by atoms with Gasteiger partial charge in [-0.15, -0.1) is 0 Å². The first-order valence-corrected chi connectivity index (χ1v) is 12.4. The van der Waals surface area contributed by atoms with Crippen LogP contribution in [0.2, 0.25) is 0 Å². The number of H-pyrrole nitrogens is 1. The number of furan rings is 1. The largest absolute Gasteiger partial charge is 0.459 e. The predicted molar refractivity (Wildman–Crippen MR) is 152 cm³/mol. The zero-order valence-electron chi connectivity index (χ0n) is 21.6. The average Bonchev–Trinajstić information content (AvgIpc) is 3.59. The van der Waals surface area contributed by atoms with Gasteiger partial charge in [-0.1, -0.05) is 24.3 Å². The lowest BCUT2D eigenvalue weighted by Crippen LogP contribution is -2.30. The standard InChI is InChI=1S/C29H29N7O2/c1-5-36(6-2)29(37)25-15-20-7-8-21(16-24(20)33-25)27-34-23-13-14-38-26(23)28(35-27)32-22-11-9-19(10-12-22)18(3)17-31-30-4/h7-17,31,33H,4-6H2,1-3H3,(H,32,34,35)/b18-17+. The minimum Gasteiger partial charge on any atom is -0.459 e. The van der Waals surface area contributed by atoms with E-state index in [1.807, 2.05) is 75.4 Å². The van der Waals surface area contributed by atoms with Crippen molar-refractivity contribution in [1.82, 2.24) is 25.3 Å². The monoisotopic (exact) mass is 507 g/mol. The van der Waals surface area contributed by atoms with Gasteiger partial charge in [-0.3, -0.25) is 10.2 Å². The molecular weight excluding hydrogens is 478 g/mol. The van der Waals surface area contributed by atoms with E-state index in [-0.39, 0.29) is 5.91 Å². The van der Waals surface area contributed by atoms with E-state index in [1.165, 1.54) is 0 Å². The van der Waals surface area contributed by atoms with Gasteiger partial charge in [-0.05, 0) is 56.2 Å². The van der Waals surface area contributed by atoms with Crippen LogP contribution in [0.25, 0.3) is 39.0 Å². The second-order valence-corrected chi connectivity index (χ2v) is 8.81. The van der Waals surface area contributed by atoms with E-state index in [1.54, 1.807) is 17.4 Å². The SMILES string of the molecule is C=NN/C=C(\C)c1ccc(Nc2nc(-c3ccc4cc(C(=O)N(CC)CC)[nH]c4c3)nc3ccoc23)cc1. The molecule has 38 heavy (non-hydrogen) atoms. The van der Waals surface area contributed by atoms with E-state index in [0.29, 0.717) is 41.5 Å². The minimum absolute atomic E-state index is 0.0133. The number of rotatable bonds is 9. The highest BCUT2D eigenvalue weighted by molar-refractivity contribution is 5.99. The summed E-state index contributed by atoms with van der Waals surface area (Å²) in [7, 11) is 0. The average molecular weight is 508 g/mol. The first-order valence-electron chi connectivity index (χ1n) is 12.4. The zero-order valence-corrected chi connectivity index (χ0v) is 21.6. The molecule has 3 N–H and O–H groups in total. The highest BCUT2D eigenvalue weighted by atomic mass is 16.3. The Balaban J connectivity index is 1.46. The summed E-state index contributed by atoms with van der Waals surface area (Å²) in [6.07, 6.45) is 3.40. The number of hydrogen-bond acceptors (Lipinski definition) is 7. The highest BCUT2D eigenvalue weighted by Gasteiger charge is 2.17. The Kier molecular flexibility index (Phi) is 6.90. The van der Waals surface area contributed by atoms with Crippen LogP contribution in [0.15, 0.2) is 76.6 Å². The van der Waals surface area contributed by atoms with Gasteiger partial charge in [0, 0.05) is 54.2 Å². The van der Waals surface area contributed by atoms with Gasteiger partial charge in [0.05, 0.1) is 6.26 Å². The summed E-state index contributed by atoms with van der Waals surface area (Å²) in [5, 5.41) is 7.96. The van der Waals surface area contributed by atoms with Crippen LogP contribution >= 0.6 is 0 Å². The van der Waals surface area contributed by atoms with Crippen molar-refractivity contribution in [3.8, 4) is 11.4 Å². The van der Waals surface area contributed by atoms with Crippen LogP contribution in [0.4, 0.5) is 11.5 Å². The molecule has 5 aromatic rings. The molecule has 1 amide bonds. The molecule has 3 heterocycles. The van der Waals surface area contributed by atoms with Crippen LogP contribution in [-0.2, 0) is 0 Å². The maximum Gasteiger partial charge on any atom is 0.270 e. The Morgan fingerprint density at radius 2 is 1.89 bits per heavy atom. The number of nitrogens with zero attached hydrogens (tertiary/aromatic N) is 4. The van der Waals surface area contributed by atoms with E-state index in [9.17, 15) is 4.79 Å². The Morgan fingerprint density at radius 3 is 2.63 bits per heavy atom. The van der Waals surface area contributed by atoms with Crippen molar-refractivity contribution in [3.63, 3.8) is 0 Å². The molecule has 0 saturated heterocycles. The number of hydrogen-bond donors (Lipinski definition) is 3. The maximum atomic E-state index is 12.8. The summed E-state index contributed by atoms with van der Waals surface area (Å²) in [6.45, 7) is 10.7. The number of aromatic amines is 1. The van der Waals surface area contributed by atoms with Crippen LogP contribution < -0.4 is 10.7 Å². The lowest BCUT2D eigenvalue weighted by Gasteiger charge is -2.17. The van der Waals surface area contributed by atoms with Crippen LogP contribution in [0, 0.1) is 0 Å². The summed E-state index contributed by atoms with van der Waals surface area (Å²) in [4.78, 5) is 27.4. The number of allylic oxidation sites excluding steroid dienone is 1. The summed E-state index contributed by atoms with van der Waals surface area (Å²) in [5.74, 6) is 1.10. The molecule has 0 bridgehead atoms. The van der Waals surface area contributed by atoms with Crippen molar-refractivity contribution < 1.29 is 9.21 Å². The van der Waals surface area contributed by atoms with Crippen molar-refractivity contribution in [2.24, 2.45) is 5.10 Å². The number of carbonyl (C=O) groups is 1. The molecule has 0 atom stereocenters. The molecule has 0 aliphatic carbocycles. The van der Waals surface area contributed by atoms with Crippen molar-refractivity contribution in [2.45, 2.75) is 20.8 Å². The van der Waals surface area contributed by atoms with E-state index >= 15 is 0 Å². The molecule has 9 nitrogen and oxygen atoms in total. The van der Waals surface area contributed by atoms with Crippen LogP contribution in [-0.4, -0.2) is 45.6 Å². The smallest absolute Gasteiger partial charge is 0.270 e. The molecule has 0 unspecified atom stereocenters. The van der Waals surface area contributed by atoms with Crippen molar-refractivity contribution in [2.75, 3.05) is 18.4 Å². The summed E-state index contributed by atoms with van der Waals surface area (Å²) in [6, 6.07) is 17.6. The Bertz CT molecular complexity index is 1640. The molecule has 0 spiro atoms. The molecule has 5 rings (SSSR count). The Hall–Kier alpha value is -4.92. The number of fused-ring (bicyclic) bond motifs is 2. The number of benzene rings is 2. The normalized spacial score (nSPS) is 11.6. The molecular formula is C29H29N7O2. The lowest BCUT2D eigenvalue weighted by atomic mass is 10.1. The van der Waals surface area contributed by atoms with Crippen LogP contribution in [0.3, 0.4) is 0 Å². The zero-order chi connectivity index (χ0) is 26.6. The molecule has 0 radical (unpaired) electrons. The van der Waals surface area contributed by atoms with Crippen LogP contribution in [0.5, 0.6) is 0 Å². The number of hydrazone groups is 1. The second-order valence-electron chi connectivity index (χ2n) is 8.81. The van der Waals surface area contributed by atoms with Crippen molar-refractivity contribution in [3.05, 3.63) is 78.3 Å². The molecule has 0 aliphatic heterocycles. The fourth-order valence-electron chi connectivity index (χ4n) is 4.32. The summed E-state index contributed by atoms with van der Waals surface area (Å²) in [5.41, 5.74) is 9.21. The van der Waals surface area contributed by atoms with Crippen LogP contribution in [0.1, 0.15) is 36.8 Å². The van der Waals surface area contributed by atoms with E-state index in [4.69, 9.17) is 14.4 Å². The summed E-state index contributed by atoms with van der Waals surface area (Å²) >= 11 is 0. The Morgan fingerprint density at radius 1 is 1.11 bits per heavy atom. The molecule has 0 aliphatic rings. The third kappa shape index (κ3) is 4.86. The van der Waals surface area contributed by atoms with Gasteiger partial charge in [-0.25, -0.2) is 9.97 Å². The van der Waals surface area contributed by atoms with Gasteiger partial charge in [0.15, 0.2) is 17.2 Å².